The highest BCUT2D eigenvalue weighted by molar-refractivity contribution is 5.76. The van der Waals surface area contributed by atoms with Gasteiger partial charge in [0.1, 0.15) is 0 Å². The molecular weight excluding hydrogens is 242 g/mol. The van der Waals surface area contributed by atoms with Gasteiger partial charge in [-0.3, -0.25) is 4.79 Å². The van der Waals surface area contributed by atoms with Gasteiger partial charge in [-0.05, 0) is 50.4 Å². The molecule has 19 heavy (non-hydrogen) atoms. The fraction of sp³-hybridized carbons (Fsp3) is 0.933. The van der Waals surface area contributed by atoms with E-state index in [1.54, 1.807) is 0 Å². The van der Waals surface area contributed by atoms with Crippen molar-refractivity contribution < 1.29 is 14.6 Å². The Morgan fingerprint density at radius 2 is 1.74 bits per heavy atom. The third kappa shape index (κ3) is 4.18. The Bertz CT molecular complexity index is 281. The van der Waals surface area contributed by atoms with E-state index in [1.807, 2.05) is 11.9 Å². The molecular formula is C15H27NO3. The van der Waals surface area contributed by atoms with Gasteiger partial charge in [0.25, 0.3) is 0 Å². The zero-order valence-corrected chi connectivity index (χ0v) is 12.0. The van der Waals surface area contributed by atoms with Crippen molar-refractivity contribution in [2.45, 2.75) is 51.0 Å². The van der Waals surface area contributed by atoms with E-state index in [2.05, 4.69) is 0 Å². The second kappa shape index (κ2) is 7.25. The van der Waals surface area contributed by atoms with Crippen LogP contribution in [0.4, 0.5) is 0 Å². The molecule has 110 valence electrons. The summed E-state index contributed by atoms with van der Waals surface area (Å²) in [6.07, 6.45) is 6.92. The molecule has 1 aliphatic carbocycles. The van der Waals surface area contributed by atoms with Gasteiger partial charge in [-0.25, -0.2) is 0 Å². The average Bonchev–Trinajstić information content (AvgIpc) is 2.47. The van der Waals surface area contributed by atoms with Crippen molar-refractivity contribution in [3.8, 4) is 0 Å². The number of nitrogens with zero attached hydrogens (tertiary/aromatic N) is 1. The summed E-state index contributed by atoms with van der Waals surface area (Å²) in [7, 11) is 1.95. The van der Waals surface area contributed by atoms with E-state index in [0.29, 0.717) is 36.8 Å². The van der Waals surface area contributed by atoms with E-state index in [-0.39, 0.29) is 0 Å². The molecule has 0 spiro atoms. The molecule has 0 bridgehead atoms. The van der Waals surface area contributed by atoms with Crippen LogP contribution < -0.4 is 0 Å². The minimum atomic E-state index is 0.291. The van der Waals surface area contributed by atoms with Gasteiger partial charge < -0.3 is 14.7 Å². The van der Waals surface area contributed by atoms with E-state index in [4.69, 9.17) is 9.84 Å². The molecule has 1 saturated heterocycles. The molecule has 0 atom stereocenters. The van der Waals surface area contributed by atoms with Crippen molar-refractivity contribution >= 4 is 5.91 Å². The first-order chi connectivity index (χ1) is 9.20. The van der Waals surface area contributed by atoms with Crippen molar-refractivity contribution in [2.75, 3.05) is 26.9 Å². The number of aliphatic hydroxyl groups is 1. The van der Waals surface area contributed by atoms with Crippen LogP contribution in [-0.2, 0) is 9.53 Å². The number of amides is 1. The molecule has 1 aliphatic heterocycles. The third-order valence-electron chi connectivity index (χ3n) is 4.82. The Kier molecular flexibility index (Phi) is 5.64. The van der Waals surface area contributed by atoms with E-state index in [9.17, 15) is 4.79 Å². The summed E-state index contributed by atoms with van der Waals surface area (Å²) >= 11 is 0. The zero-order valence-electron chi connectivity index (χ0n) is 12.0. The van der Waals surface area contributed by atoms with Crippen molar-refractivity contribution in [3.05, 3.63) is 0 Å². The first-order valence-electron chi connectivity index (χ1n) is 7.65. The monoisotopic (exact) mass is 269 g/mol. The molecule has 0 aromatic heterocycles. The molecule has 1 heterocycles. The van der Waals surface area contributed by atoms with Crippen molar-refractivity contribution in [1.29, 1.82) is 0 Å². The number of carbonyl (C=O) groups is 1. The molecule has 1 N–H and O–H groups in total. The summed E-state index contributed by atoms with van der Waals surface area (Å²) in [4.78, 5) is 14.3. The fourth-order valence-electron chi connectivity index (χ4n) is 3.26. The molecule has 1 saturated carbocycles. The maximum atomic E-state index is 12.3. The van der Waals surface area contributed by atoms with Gasteiger partial charge in [0.2, 0.25) is 5.91 Å². The van der Waals surface area contributed by atoms with Gasteiger partial charge in [-0.15, -0.1) is 0 Å². The van der Waals surface area contributed by atoms with E-state index < -0.39 is 0 Å². The van der Waals surface area contributed by atoms with Crippen molar-refractivity contribution in [3.63, 3.8) is 0 Å². The van der Waals surface area contributed by atoms with Crippen LogP contribution in [0.1, 0.15) is 44.9 Å². The molecule has 2 rings (SSSR count). The number of ether oxygens (including phenoxy) is 1. The number of hydrogen-bond acceptors (Lipinski definition) is 3. The minimum absolute atomic E-state index is 0.291. The zero-order chi connectivity index (χ0) is 13.7. The highest BCUT2D eigenvalue weighted by Gasteiger charge is 2.27. The van der Waals surface area contributed by atoms with Crippen molar-refractivity contribution in [2.24, 2.45) is 11.8 Å². The maximum Gasteiger partial charge on any atom is 0.222 e. The molecule has 0 aromatic rings. The standard InChI is InChI=1S/C15H27NO3/c1-16(14-4-2-13(11-17)3-5-14)15(18)10-12-6-8-19-9-7-12/h12-14,17H,2-11H2,1H3. The van der Waals surface area contributed by atoms with E-state index >= 15 is 0 Å². The van der Waals surface area contributed by atoms with Crippen LogP contribution in [0, 0.1) is 11.8 Å². The third-order valence-corrected chi connectivity index (χ3v) is 4.82. The fourth-order valence-corrected chi connectivity index (χ4v) is 3.26. The number of hydrogen-bond donors (Lipinski definition) is 1. The largest absolute Gasteiger partial charge is 0.396 e. The van der Waals surface area contributed by atoms with Crippen LogP contribution in [0.25, 0.3) is 0 Å². The summed E-state index contributed by atoms with van der Waals surface area (Å²) in [6.45, 7) is 1.92. The topological polar surface area (TPSA) is 49.8 Å². The van der Waals surface area contributed by atoms with Gasteiger partial charge in [-0.2, -0.15) is 0 Å². The summed E-state index contributed by atoms with van der Waals surface area (Å²) < 4.78 is 5.33. The highest BCUT2D eigenvalue weighted by atomic mass is 16.5. The Labute approximate surface area is 116 Å². The molecule has 0 radical (unpaired) electrons. The SMILES string of the molecule is CN(C(=O)CC1CCOCC1)C1CCC(CO)CC1. The molecule has 2 aliphatic rings. The van der Waals surface area contributed by atoms with Gasteiger partial charge in [-0.1, -0.05) is 0 Å². The lowest BCUT2D eigenvalue weighted by atomic mass is 9.85. The van der Waals surface area contributed by atoms with Crippen LogP contribution >= 0.6 is 0 Å². The summed E-state index contributed by atoms with van der Waals surface area (Å²) in [6, 6.07) is 0.384. The smallest absolute Gasteiger partial charge is 0.222 e. The molecule has 4 nitrogen and oxygen atoms in total. The highest BCUT2D eigenvalue weighted by Crippen LogP contribution is 2.28. The van der Waals surface area contributed by atoms with Crippen LogP contribution in [0.2, 0.25) is 0 Å². The maximum absolute atomic E-state index is 12.3. The molecule has 4 heteroatoms. The first-order valence-corrected chi connectivity index (χ1v) is 7.65. The summed E-state index contributed by atoms with van der Waals surface area (Å²) in [5, 5.41) is 9.15. The second-order valence-corrected chi connectivity index (χ2v) is 6.12. The lowest BCUT2D eigenvalue weighted by Crippen LogP contribution is -2.40. The van der Waals surface area contributed by atoms with Gasteiger partial charge >= 0.3 is 0 Å². The molecule has 1 amide bonds. The average molecular weight is 269 g/mol. The lowest BCUT2D eigenvalue weighted by Gasteiger charge is -2.35. The van der Waals surface area contributed by atoms with Crippen LogP contribution in [0.3, 0.4) is 0 Å². The van der Waals surface area contributed by atoms with Crippen LogP contribution in [-0.4, -0.2) is 48.8 Å². The molecule has 2 fully saturated rings. The summed E-state index contributed by atoms with van der Waals surface area (Å²) in [5.41, 5.74) is 0. The molecule has 0 aromatic carbocycles. The summed E-state index contributed by atoms with van der Waals surface area (Å²) in [5.74, 6) is 1.26. The van der Waals surface area contributed by atoms with E-state index in [0.717, 1.165) is 51.7 Å². The molecule has 0 unspecified atom stereocenters. The number of carbonyl (C=O) groups excluding carboxylic acids is 1. The quantitative estimate of drug-likeness (QED) is 0.847. The van der Waals surface area contributed by atoms with Gasteiger partial charge in [0.05, 0.1) is 0 Å². The first kappa shape index (κ1) is 14.8. The Morgan fingerprint density at radius 1 is 1.11 bits per heavy atom. The predicted molar refractivity (Wildman–Crippen MR) is 73.8 cm³/mol. The van der Waals surface area contributed by atoms with E-state index in [1.165, 1.54) is 0 Å². The van der Waals surface area contributed by atoms with Crippen molar-refractivity contribution in [1.82, 2.24) is 4.90 Å². The van der Waals surface area contributed by atoms with Gasteiger partial charge in [0, 0.05) is 39.3 Å². The Morgan fingerprint density at radius 3 is 2.32 bits per heavy atom. The number of aliphatic hydroxyl groups excluding tert-OH is 1. The normalized spacial score (nSPS) is 29.2. The minimum Gasteiger partial charge on any atom is -0.396 e. The Hall–Kier alpha value is -0.610. The van der Waals surface area contributed by atoms with Gasteiger partial charge in [0.15, 0.2) is 0 Å². The second-order valence-electron chi connectivity index (χ2n) is 6.12. The van der Waals surface area contributed by atoms with Crippen LogP contribution in [0.5, 0.6) is 0 Å². The predicted octanol–water partition coefficient (Wildman–Crippen LogP) is 1.81. The van der Waals surface area contributed by atoms with Crippen LogP contribution in [0.15, 0.2) is 0 Å². The number of rotatable bonds is 4. The lowest BCUT2D eigenvalue weighted by molar-refractivity contribution is -0.134. The Balaban J connectivity index is 1.75.